The van der Waals surface area contributed by atoms with Crippen molar-refractivity contribution in [1.29, 1.82) is 5.26 Å². The minimum Gasteiger partial charge on any atom is -0.397 e. The fourth-order valence-corrected chi connectivity index (χ4v) is 1.98. The summed E-state index contributed by atoms with van der Waals surface area (Å²) in [5.74, 6) is 0. The molecule has 1 aromatic heterocycles. The molecule has 0 aromatic carbocycles. The number of thiophene rings is 1. The molecule has 13 heavy (non-hydrogen) atoms. The molecule has 0 saturated heterocycles. The van der Waals surface area contributed by atoms with Gasteiger partial charge in [0.05, 0.1) is 10.7 Å². The maximum absolute atomic E-state index is 8.71. The minimum absolute atomic E-state index is 0.588. The van der Waals surface area contributed by atoms with Gasteiger partial charge in [-0.2, -0.15) is 5.26 Å². The van der Waals surface area contributed by atoms with E-state index in [1.807, 2.05) is 13.1 Å². The molecule has 0 saturated carbocycles. The minimum atomic E-state index is 0.588. The van der Waals surface area contributed by atoms with Crippen LogP contribution in [-0.4, -0.2) is 13.6 Å². The quantitative estimate of drug-likeness (QED) is 0.803. The Hall–Kier alpha value is -1.21. The van der Waals surface area contributed by atoms with E-state index in [1.54, 1.807) is 0 Å². The summed E-state index contributed by atoms with van der Waals surface area (Å²) >= 11 is 1.45. The highest BCUT2D eigenvalue weighted by Gasteiger charge is 2.08. The molecule has 0 fully saturated rings. The molecule has 0 atom stereocenters. The zero-order valence-corrected chi connectivity index (χ0v) is 8.69. The summed E-state index contributed by atoms with van der Waals surface area (Å²) in [5.41, 5.74) is 6.24. The second-order valence-electron chi connectivity index (χ2n) is 2.90. The molecule has 4 heteroatoms. The average molecular weight is 195 g/mol. The third-order valence-corrected chi connectivity index (χ3v) is 2.95. The number of hydrogen-bond acceptors (Lipinski definition) is 4. The van der Waals surface area contributed by atoms with Crippen LogP contribution in [0.4, 0.5) is 10.7 Å². The van der Waals surface area contributed by atoms with E-state index in [0.29, 0.717) is 10.6 Å². The third-order valence-electron chi connectivity index (χ3n) is 1.78. The average Bonchev–Trinajstić information content (AvgIpc) is 2.47. The van der Waals surface area contributed by atoms with Gasteiger partial charge in [0.25, 0.3) is 0 Å². The van der Waals surface area contributed by atoms with Crippen LogP contribution in [0.1, 0.15) is 18.2 Å². The van der Waals surface area contributed by atoms with Crippen molar-refractivity contribution in [1.82, 2.24) is 0 Å². The summed E-state index contributed by atoms with van der Waals surface area (Å²) in [6.07, 6.45) is 1.09. The van der Waals surface area contributed by atoms with Gasteiger partial charge >= 0.3 is 0 Å². The van der Waals surface area contributed by atoms with E-state index < -0.39 is 0 Å². The van der Waals surface area contributed by atoms with Crippen LogP contribution in [0.25, 0.3) is 0 Å². The molecule has 0 bridgehead atoms. The third kappa shape index (κ3) is 2.13. The second-order valence-corrected chi connectivity index (χ2v) is 3.93. The monoisotopic (exact) mass is 195 g/mol. The van der Waals surface area contributed by atoms with Gasteiger partial charge < -0.3 is 10.6 Å². The first-order valence-electron chi connectivity index (χ1n) is 4.19. The molecule has 0 unspecified atom stereocenters. The van der Waals surface area contributed by atoms with Crippen LogP contribution in [0.2, 0.25) is 0 Å². The summed E-state index contributed by atoms with van der Waals surface area (Å²) in [5, 5.41) is 9.77. The molecular formula is C9H13N3S. The van der Waals surface area contributed by atoms with Crippen LogP contribution in [0, 0.1) is 11.3 Å². The summed E-state index contributed by atoms with van der Waals surface area (Å²) in [6.45, 7) is 3.11. The van der Waals surface area contributed by atoms with Crippen molar-refractivity contribution >= 4 is 22.0 Å². The van der Waals surface area contributed by atoms with Crippen LogP contribution in [-0.2, 0) is 0 Å². The first-order valence-corrected chi connectivity index (χ1v) is 5.01. The molecule has 0 radical (unpaired) electrons. The molecule has 0 spiro atoms. The molecule has 1 rings (SSSR count). The highest BCUT2D eigenvalue weighted by atomic mass is 32.1. The Morgan fingerprint density at radius 2 is 2.38 bits per heavy atom. The Kier molecular flexibility index (Phi) is 3.15. The van der Waals surface area contributed by atoms with Crippen molar-refractivity contribution in [3.8, 4) is 6.07 Å². The van der Waals surface area contributed by atoms with Gasteiger partial charge in [0.1, 0.15) is 10.9 Å². The van der Waals surface area contributed by atoms with E-state index in [0.717, 1.165) is 18.0 Å². The first kappa shape index (κ1) is 9.87. The number of nitrogens with two attached hydrogens (primary N) is 1. The number of nitriles is 1. The van der Waals surface area contributed by atoms with Gasteiger partial charge in [-0.25, -0.2) is 0 Å². The first-order chi connectivity index (χ1) is 6.19. The van der Waals surface area contributed by atoms with Gasteiger partial charge in [0.2, 0.25) is 0 Å². The largest absolute Gasteiger partial charge is 0.397 e. The molecule has 70 valence electrons. The smallest absolute Gasteiger partial charge is 0.129 e. The van der Waals surface area contributed by atoms with E-state index in [1.165, 1.54) is 11.3 Å². The number of hydrogen-bond donors (Lipinski definition) is 1. The predicted molar refractivity (Wildman–Crippen MR) is 57.0 cm³/mol. The van der Waals surface area contributed by atoms with E-state index in [4.69, 9.17) is 11.0 Å². The molecule has 2 N–H and O–H groups in total. The van der Waals surface area contributed by atoms with Gasteiger partial charge in [-0.05, 0) is 12.5 Å². The number of anilines is 2. The van der Waals surface area contributed by atoms with Crippen molar-refractivity contribution in [2.24, 2.45) is 0 Å². The molecule has 1 aromatic rings. The van der Waals surface area contributed by atoms with Crippen molar-refractivity contribution < 1.29 is 0 Å². The van der Waals surface area contributed by atoms with E-state index in [-0.39, 0.29) is 0 Å². The van der Waals surface area contributed by atoms with Gasteiger partial charge in [0.15, 0.2) is 0 Å². The van der Waals surface area contributed by atoms with E-state index >= 15 is 0 Å². The lowest BCUT2D eigenvalue weighted by atomic mass is 10.4. The van der Waals surface area contributed by atoms with Gasteiger partial charge in [0, 0.05) is 13.6 Å². The maximum Gasteiger partial charge on any atom is 0.129 e. The summed E-state index contributed by atoms with van der Waals surface area (Å²) in [4.78, 5) is 2.72. The highest BCUT2D eigenvalue weighted by Crippen LogP contribution is 2.30. The SMILES string of the molecule is CCCN(C)c1cc(N)c(C#N)s1. The molecule has 3 nitrogen and oxygen atoms in total. The molecule has 1 heterocycles. The van der Waals surface area contributed by atoms with Crippen molar-refractivity contribution in [2.45, 2.75) is 13.3 Å². The topological polar surface area (TPSA) is 53.0 Å². The normalized spacial score (nSPS) is 9.62. The summed E-state index contributed by atoms with van der Waals surface area (Å²) < 4.78 is 0. The van der Waals surface area contributed by atoms with Crippen LogP contribution >= 0.6 is 11.3 Å². The fourth-order valence-electron chi connectivity index (χ4n) is 1.11. The number of nitrogens with zero attached hydrogens (tertiary/aromatic N) is 2. The summed E-state index contributed by atoms with van der Waals surface area (Å²) in [6, 6.07) is 3.94. The van der Waals surface area contributed by atoms with Gasteiger partial charge in [-0.3, -0.25) is 0 Å². The molecule has 0 amide bonds. The van der Waals surface area contributed by atoms with Gasteiger partial charge in [-0.15, -0.1) is 11.3 Å². The van der Waals surface area contributed by atoms with Crippen LogP contribution in [0.15, 0.2) is 6.07 Å². The van der Waals surface area contributed by atoms with Crippen molar-refractivity contribution in [3.63, 3.8) is 0 Å². The van der Waals surface area contributed by atoms with Crippen molar-refractivity contribution in [2.75, 3.05) is 24.2 Å². The number of nitrogen functional groups attached to an aromatic ring is 1. The lowest BCUT2D eigenvalue weighted by Gasteiger charge is -2.14. The highest BCUT2D eigenvalue weighted by molar-refractivity contribution is 7.17. The molecule has 0 aliphatic carbocycles. The Labute approximate surface area is 82.4 Å². The molecular weight excluding hydrogens is 182 g/mol. The maximum atomic E-state index is 8.71. The van der Waals surface area contributed by atoms with Gasteiger partial charge in [-0.1, -0.05) is 6.92 Å². The van der Waals surface area contributed by atoms with E-state index in [2.05, 4.69) is 17.9 Å². The van der Waals surface area contributed by atoms with Crippen molar-refractivity contribution in [3.05, 3.63) is 10.9 Å². The fraction of sp³-hybridized carbons (Fsp3) is 0.444. The Balaban J connectivity index is 2.85. The summed E-state index contributed by atoms with van der Waals surface area (Å²) in [7, 11) is 2.01. The predicted octanol–water partition coefficient (Wildman–Crippen LogP) is 2.05. The Morgan fingerprint density at radius 1 is 1.69 bits per heavy atom. The standard InChI is InChI=1S/C9H13N3S/c1-3-4-12(2)9-5-7(11)8(6-10)13-9/h5H,3-4,11H2,1-2H3. The molecule has 0 aliphatic rings. The molecule has 0 aliphatic heterocycles. The van der Waals surface area contributed by atoms with Crippen LogP contribution in [0.5, 0.6) is 0 Å². The Bertz CT molecular complexity index is 324. The number of rotatable bonds is 3. The lowest BCUT2D eigenvalue weighted by Crippen LogP contribution is -2.16. The van der Waals surface area contributed by atoms with Crippen LogP contribution in [0.3, 0.4) is 0 Å². The zero-order chi connectivity index (χ0) is 9.84. The van der Waals surface area contributed by atoms with Crippen LogP contribution < -0.4 is 10.6 Å². The second kappa shape index (κ2) is 4.15. The zero-order valence-electron chi connectivity index (χ0n) is 7.87. The Morgan fingerprint density at radius 3 is 2.85 bits per heavy atom. The lowest BCUT2D eigenvalue weighted by molar-refractivity contribution is 0.859. The van der Waals surface area contributed by atoms with E-state index in [9.17, 15) is 0 Å².